The number of nitrogens with zero attached hydrogens (tertiary/aromatic N) is 3. The molecule has 0 aliphatic carbocycles. The number of hydrogen-bond donors (Lipinski definition) is 1. The molecule has 0 unspecified atom stereocenters. The average Bonchev–Trinajstić information content (AvgIpc) is 3.44. The number of carbonyl (C=O) groups is 1. The summed E-state index contributed by atoms with van der Waals surface area (Å²) in [7, 11) is 1.69. The third-order valence-electron chi connectivity index (χ3n) is 4.77. The number of carbonyl (C=O) groups excluding carboxylic acids is 1. The predicted molar refractivity (Wildman–Crippen MR) is 109 cm³/mol. The first-order valence-corrected chi connectivity index (χ1v) is 9.78. The minimum absolute atomic E-state index is 0.0842. The molecule has 29 heavy (non-hydrogen) atoms. The van der Waals surface area contributed by atoms with E-state index in [0.717, 1.165) is 22.3 Å². The van der Waals surface area contributed by atoms with Crippen molar-refractivity contribution in [2.24, 2.45) is 7.05 Å². The summed E-state index contributed by atoms with van der Waals surface area (Å²) in [4.78, 5) is 29.5. The molecule has 5 rings (SSSR count). The summed E-state index contributed by atoms with van der Waals surface area (Å²) < 4.78 is 13.7. The van der Waals surface area contributed by atoms with Crippen LogP contribution in [0.25, 0.3) is 22.3 Å². The zero-order valence-electron chi connectivity index (χ0n) is 15.4. The second kappa shape index (κ2) is 6.78. The number of aryl methyl sites for hydroxylation is 1. The third kappa shape index (κ3) is 3.05. The Morgan fingerprint density at radius 1 is 1.17 bits per heavy atom. The van der Waals surface area contributed by atoms with Gasteiger partial charge < -0.3 is 14.8 Å². The van der Waals surface area contributed by atoms with Gasteiger partial charge in [0.25, 0.3) is 0 Å². The zero-order chi connectivity index (χ0) is 20.0. The molecule has 1 aliphatic heterocycles. The smallest absolute Gasteiger partial charge is 0.329 e. The summed E-state index contributed by atoms with van der Waals surface area (Å²) in [5.41, 5.74) is 2.86. The number of benzene rings is 2. The van der Waals surface area contributed by atoms with Crippen molar-refractivity contribution in [3.05, 3.63) is 58.3 Å². The molecule has 0 spiro atoms. The molecule has 8 nitrogen and oxygen atoms in total. The van der Waals surface area contributed by atoms with E-state index < -0.39 is 0 Å². The van der Waals surface area contributed by atoms with Crippen molar-refractivity contribution in [2.75, 3.05) is 12.1 Å². The molecule has 0 saturated heterocycles. The van der Waals surface area contributed by atoms with Crippen LogP contribution in [-0.4, -0.2) is 26.8 Å². The Morgan fingerprint density at radius 2 is 1.97 bits per heavy atom. The molecule has 3 heterocycles. The second-order valence-electron chi connectivity index (χ2n) is 6.57. The average molecular weight is 408 g/mol. The van der Waals surface area contributed by atoms with Crippen molar-refractivity contribution in [2.45, 2.75) is 6.54 Å². The van der Waals surface area contributed by atoms with Gasteiger partial charge in [-0.05, 0) is 30.3 Å². The zero-order valence-corrected chi connectivity index (χ0v) is 16.2. The van der Waals surface area contributed by atoms with Crippen molar-refractivity contribution in [3.8, 4) is 22.8 Å². The lowest BCUT2D eigenvalue weighted by Gasteiger charge is -2.03. The number of para-hydroxylation sites is 2. The van der Waals surface area contributed by atoms with Crippen LogP contribution in [0.15, 0.2) is 52.6 Å². The lowest BCUT2D eigenvalue weighted by atomic mass is 10.1. The summed E-state index contributed by atoms with van der Waals surface area (Å²) >= 11 is 1.32. The molecule has 9 heteroatoms. The summed E-state index contributed by atoms with van der Waals surface area (Å²) in [6.45, 7) is 0.129. The number of ether oxygens (including phenoxy) is 2. The van der Waals surface area contributed by atoms with Crippen molar-refractivity contribution < 1.29 is 14.3 Å². The van der Waals surface area contributed by atoms with Crippen LogP contribution in [0, 0.1) is 0 Å². The Balaban J connectivity index is 1.35. The molecule has 0 fully saturated rings. The third-order valence-corrected chi connectivity index (χ3v) is 5.53. The SMILES string of the molecule is Cn1c(=O)n(CC(=O)Nc2nc(-c3ccc4c(c3)OCO4)cs2)c2ccccc21. The highest BCUT2D eigenvalue weighted by Gasteiger charge is 2.17. The Kier molecular flexibility index (Phi) is 4.09. The minimum Gasteiger partial charge on any atom is -0.454 e. The van der Waals surface area contributed by atoms with Crippen molar-refractivity contribution in [1.82, 2.24) is 14.1 Å². The van der Waals surface area contributed by atoms with E-state index in [2.05, 4.69) is 10.3 Å². The molecule has 1 aliphatic rings. The van der Waals surface area contributed by atoms with Crippen LogP contribution in [0.4, 0.5) is 5.13 Å². The largest absolute Gasteiger partial charge is 0.454 e. The van der Waals surface area contributed by atoms with E-state index in [0.29, 0.717) is 16.6 Å². The maximum Gasteiger partial charge on any atom is 0.329 e. The normalized spacial score (nSPS) is 12.4. The van der Waals surface area contributed by atoms with Gasteiger partial charge >= 0.3 is 5.69 Å². The van der Waals surface area contributed by atoms with Gasteiger partial charge in [-0.25, -0.2) is 9.78 Å². The van der Waals surface area contributed by atoms with Gasteiger partial charge in [-0.1, -0.05) is 12.1 Å². The first-order valence-electron chi connectivity index (χ1n) is 8.90. The molecular weight excluding hydrogens is 392 g/mol. The van der Waals surface area contributed by atoms with Gasteiger partial charge in [-0.2, -0.15) is 0 Å². The number of hydrogen-bond acceptors (Lipinski definition) is 6. The maximum absolute atomic E-state index is 12.5. The standard InChI is InChI=1S/C20H16N4O4S/c1-23-14-4-2-3-5-15(14)24(20(23)26)9-18(25)22-19-21-13(10-29-19)12-6-7-16-17(8-12)28-11-27-16/h2-8,10H,9,11H2,1H3,(H,21,22,25). The molecule has 1 amide bonds. The van der Waals surface area contributed by atoms with Gasteiger partial charge in [0.05, 0.1) is 16.7 Å². The number of imidazole rings is 1. The van der Waals surface area contributed by atoms with Gasteiger partial charge in [0.1, 0.15) is 6.54 Å². The van der Waals surface area contributed by atoms with Gasteiger partial charge in [-0.3, -0.25) is 13.9 Å². The number of aromatic nitrogens is 3. The molecular formula is C20H16N4O4S. The highest BCUT2D eigenvalue weighted by atomic mass is 32.1. The van der Waals surface area contributed by atoms with Crippen LogP contribution in [0.3, 0.4) is 0 Å². The topological polar surface area (TPSA) is 87.4 Å². The lowest BCUT2D eigenvalue weighted by Crippen LogP contribution is -2.28. The van der Waals surface area contributed by atoms with Crippen LogP contribution in [-0.2, 0) is 18.4 Å². The number of rotatable bonds is 4. The quantitative estimate of drug-likeness (QED) is 0.561. The molecule has 0 saturated carbocycles. The highest BCUT2D eigenvalue weighted by Crippen LogP contribution is 2.36. The van der Waals surface area contributed by atoms with Crippen molar-refractivity contribution in [3.63, 3.8) is 0 Å². The van der Waals surface area contributed by atoms with E-state index in [4.69, 9.17) is 9.47 Å². The number of nitrogens with one attached hydrogen (secondary N) is 1. The van der Waals surface area contributed by atoms with E-state index in [1.165, 1.54) is 20.5 Å². The van der Waals surface area contributed by atoms with Crippen molar-refractivity contribution in [1.29, 1.82) is 0 Å². The summed E-state index contributed by atoms with van der Waals surface area (Å²) in [6, 6.07) is 13.0. The fourth-order valence-corrected chi connectivity index (χ4v) is 4.07. The molecule has 0 radical (unpaired) electrons. The van der Waals surface area contributed by atoms with E-state index in [9.17, 15) is 9.59 Å². The van der Waals surface area contributed by atoms with E-state index in [1.54, 1.807) is 7.05 Å². The monoisotopic (exact) mass is 408 g/mol. The van der Waals surface area contributed by atoms with Gasteiger partial charge in [-0.15, -0.1) is 11.3 Å². The van der Waals surface area contributed by atoms with Crippen LogP contribution in [0.1, 0.15) is 0 Å². The Hall–Kier alpha value is -3.59. The van der Waals surface area contributed by atoms with E-state index in [1.807, 2.05) is 47.8 Å². The fraction of sp³-hybridized carbons (Fsp3) is 0.150. The summed E-state index contributed by atoms with van der Waals surface area (Å²) in [5, 5.41) is 5.10. The van der Waals surface area contributed by atoms with Gasteiger partial charge in [0.2, 0.25) is 12.7 Å². The van der Waals surface area contributed by atoms with Crippen LogP contribution < -0.4 is 20.5 Å². The number of thiazole rings is 1. The van der Waals surface area contributed by atoms with E-state index in [-0.39, 0.29) is 24.9 Å². The van der Waals surface area contributed by atoms with Crippen molar-refractivity contribution >= 4 is 33.4 Å². The minimum atomic E-state index is -0.310. The first kappa shape index (κ1) is 17.5. The van der Waals surface area contributed by atoms with Gasteiger partial charge in [0.15, 0.2) is 16.6 Å². The second-order valence-corrected chi connectivity index (χ2v) is 7.43. The fourth-order valence-electron chi connectivity index (χ4n) is 3.34. The highest BCUT2D eigenvalue weighted by molar-refractivity contribution is 7.14. The Labute approximate surface area is 168 Å². The molecule has 0 bridgehead atoms. The molecule has 1 N–H and O–H groups in total. The number of amides is 1. The molecule has 0 atom stereocenters. The van der Waals surface area contributed by atoms with Crippen LogP contribution in [0.5, 0.6) is 11.5 Å². The first-order chi connectivity index (χ1) is 14.1. The van der Waals surface area contributed by atoms with E-state index >= 15 is 0 Å². The van der Waals surface area contributed by atoms with Crippen LogP contribution >= 0.6 is 11.3 Å². The molecule has 2 aromatic heterocycles. The van der Waals surface area contributed by atoms with Crippen LogP contribution in [0.2, 0.25) is 0 Å². The molecule has 4 aromatic rings. The molecule has 146 valence electrons. The number of fused-ring (bicyclic) bond motifs is 2. The predicted octanol–water partition coefficient (Wildman–Crippen LogP) is 2.83. The Bertz CT molecular complexity index is 1300. The lowest BCUT2D eigenvalue weighted by molar-refractivity contribution is -0.116. The molecule has 2 aromatic carbocycles. The summed E-state index contributed by atoms with van der Waals surface area (Å²) in [5.74, 6) is 1.07. The Morgan fingerprint density at radius 3 is 2.83 bits per heavy atom. The van der Waals surface area contributed by atoms with Gasteiger partial charge in [0, 0.05) is 18.0 Å². The number of anilines is 1. The maximum atomic E-state index is 12.5. The summed E-state index contributed by atoms with van der Waals surface area (Å²) in [6.07, 6.45) is 0.